The number of carbonyl (C=O) groups excluding carboxylic acids is 1. The standard InChI is InChI=1S/C41H56O24/c1-15-26(48)29(51)33(55)39(59-15)64-36-35(63-25(47)8-5-17-3-6-19(43)21(45)11-17)24(14-58-38-32(54)31(53)28(50)23(13-42)61-38)62-41(57-10-9-18-4-7-20(44)22(46)12-18)37(36)65-40-34(56)30(52)27(49)16(2)60-40/h3-8,11-12,15-16,23-24,26-46,48-56H,9-10,13-14H2,1-2H3. The highest BCUT2D eigenvalue weighted by molar-refractivity contribution is 5.87. The molecule has 20 unspecified atom stereocenters. The molecule has 0 bridgehead atoms. The van der Waals surface area contributed by atoms with Gasteiger partial charge < -0.3 is 114 Å². The monoisotopic (exact) mass is 932 g/mol. The number of phenolic OH excluding ortho intramolecular Hbond substituents is 4. The van der Waals surface area contributed by atoms with E-state index in [2.05, 4.69) is 0 Å². The summed E-state index contributed by atoms with van der Waals surface area (Å²) in [6.45, 7) is 0.833. The molecule has 24 heteroatoms. The zero-order valence-electron chi connectivity index (χ0n) is 34.8. The molecule has 4 heterocycles. The van der Waals surface area contributed by atoms with Crippen LogP contribution in [0.3, 0.4) is 0 Å². The van der Waals surface area contributed by atoms with E-state index in [9.17, 15) is 76.3 Å². The summed E-state index contributed by atoms with van der Waals surface area (Å²) in [5.41, 5.74) is 0.657. The molecule has 6 rings (SSSR count). The molecule has 4 aliphatic rings. The summed E-state index contributed by atoms with van der Waals surface area (Å²) in [5.74, 6) is -2.96. The molecule has 20 atom stereocenters. The van der Waals surface area contributed by atoms with Crippen LogP contribution in [0, 0.1) is 0 Å². The largest absolute Gasteiger partial charge is 0.504 e. The van der Waals surface area contributed by atoms with Crippen molar-refractivity contribution in [3.63, 3.8) is 0 Å². The number of hydrogen-bond acceptors (Lipinski definition) is 24. The van der Waals surface area contributed by atoms with Crippen LogP contribution in [-0.4, -0.2) is 220 Å². The molecule has 0 radical (unpaired) electrons. The Morgan fingerprint density at radius 1 is 0.569 bits per heavy atom. The van der Waals surface area contributed by atoms with E-state index in [0.29, 0.717) is 5.56 Å². The number of aliphatic hydroxyl groups excluding tert-OH is 10. The predicted molar refractivity (Wildman–Crippen MR) is 211 cm³/mol. The second kappa shape index (κ2) is 21.8. The number of hydrogen-bond donors (Lipinski definition) is 14. The second-order valence-electron chi connectivity index (χ2n) is 16.1. The van der Waals surface area contributed by atoms with Crippen LogP contribution in [0.25, 0.3) is 6.08 Å². The number of phenols is 4. The molecule has 65 heavy (non-hydrogen) atoms. The second-order valence-corrected chi connectivity index (χ2v) is 16.1. The Kier molecular flexibility index (Phi) is 17.0. The lowest BCUT2D eigenvalue weighted by Gasteiger charge is -2.49. The fourth-order valence-electron chi connectivity index (χ4n) is 7.54. The number of rotatable bonds is 15. The molecule has 0 saturated carbocycles. The van der Waals surface area contributed by atoms with Crippen molar-refractivity contribution >= 4 is 12.0 Å². The van der Waals surface area contributed by atoms with Gasteiger partial charge in [-0.25, -0.2) is 4.79 Å². The van der Waals surface area contributed by atoms with Crippen molar-refractivity contribution in [3.05, 3.63) is 53.6 Å². The quantitative estimate of drug-likeness (QED) is 0.0456. The molecule has 4 saturated heterocycles. The zero-order chi connectivity index (χ0) is 47.4. The maximum absolute atomic E-state index is 13.8. The van der Waals surface area contributed by atoms with Gasteiger partial charge in [-0.1, -0.05) is 12.1 Å². The fourth-order valence-corrected chi connectivity index (χ4v) is 7.54. The van der Waals surface area contributed by atoms with E-state index < -0.39 is 165 Å². The van der Waals surface area contributed by atoms with Crippen LogP contribution in [-0.2, 0) is 53.8 Å². The van der Waals surface area contributed by atoms with Gasteiger partial charge in [-0.05, 0) is 61.7 Å². The molecule has 2 aromatic carbocycles. The van der Waals surface area contributed by atoms with E-state index in [1.807, 2.05) is 0 Å². The zero-order valence-corrected chi connectivity index (χ0v) is 34.8. The molecular formula is C41H56O24. The lowest BCUT2D eigenvalue weighted by atomic mass is 9.95. The highest BCUT2D eigenvalue weighted by Gasteiger charge is 2.56. The minimum absolute atomic E-state index is 0.0184. The van der Waals surface area contributed by atoms with E-state index in [-0.39, 0.29) is 18.6 Å². The number of aromatic hydroxyl groups is 4. The molecule has 0 amide bonds. The number of carbonyl (C=O) groups is 1. The SMILES string of the molecule is CC1OC(OC2C(OCCc3ccc(O)c(O)c3)OC(COC3OC(CO)C(O)C(O)C3O)C(OC(=O)C=Cc3ccc(O)c(O)c3)C2OC2OC(C)C(O)C(O)C2O)C(O)C(O)C1O. The topological polar surface area (TPSA) is 383 Å². The maximum atomic E-state index is 13.8. The van der Waals surface area contributed by atoms with E-state index in [1.165, 1.54) is 44.2 Å². The van der Waals surface area contributed by atoms with Crippen molar-refractivity contribution in [1.82, 2.24) is 0 Å². The van der Waals surface area contributed by atoms with Crippen molar-refractivity contribution in [3.8, 4) is 23.0 Å². The summed E-state index contributed by atoms with van der Waals surface area (Å²) in [5, 5.41) is 146. The normalized spacial score (nSPS) is 40.2. The van der Waals surface area contributed by atoms with Crippen LogP contribution in [0.2, 0.25) is 0 Å². The summed E-state index contributed by atoms with van der Waals surface area (Å²) in [6, 6.07) is 7.58. The van der Waals surface area contributed by atoms with E-state index in [1.54, 1.807) is 0 Å². The Balaban J connectivity index is 1.41. The van der Waals surface area contributed by atoms with Gasteiger partial charge in [0.15, 0.2) is 54.3 Å². The van der Waals surface area contributed by atoms with Gasteiger partial charge in [0.05, 0.1) is 32.0 Å². The number of benzene rings is 2. The first-order valence-electron chi connectivity index (χ1n) is 20.6. The number of aliphatic hydroxyl groups is 10. The predicted octanol–water partition coefficient (Wildman–Crippen LogP) is -4.34. The van der Waals surface area contributed by atoms with Crippen LogP contribution in [0.5, 0.6) is 23.0 Å². The smallest absolute Gasteiger partial charge is 0.331 e. The van der Waals surface area contributed by atoms with Crippen molar-refractivity contribution in [2.75, 3.05) is 19.8 Å². The van der Waals surface area contributed by atoms with Gasteiger partial charge in [-0.15, -0.1) is 0 Å². The maximum Gasteiger partial charge on any atom is 0.331 e. The minimum Gasteiger partial charge on any atom is -0.504 e. The van der Waals surface area contributed by atoms with Gasteiger partial charge in [0, 0.05) is 6.08 Å². The number of ether oxygens (including phenoxy) is 9. The first-order valence-corrected chi connectivity index (χ1v) is 20.6. The van der Waals surface area contributed by atoms with Crippen molar-refractivity contribution in [2.24, 2.45) is 0 Å². The third-order valence-corrected chi connectivity index (χ3v) is 11.4. The Morgan fingerprint density at radius 2 is 1.11 bits per heavy atom. The van der Waals surface area contributed by atoms with E-state index in [0.717, 1.165) is 18.2 Å². The lowest BCUT2D eigenvalue weighted by molar-refractivity contribution is -0.392. The van der Waals surface area contributed by atoms with Crippen molar-refractivity contribution < 1.29 is 119 Å². The van der Waals surface area contributed by atoms with E-state index in [4.69, 9.17) is 42.6 Å². The molecular weight excluding hydrogens is 876 g/mol. The van der Waals surface area contributed by atoms with E-state index >= 15 is 0 Å². The molecule has 4 aliphatic heterocycles. The molecule has 14 N–H and O–H groups in total. The average molecular weight is 933 g/mol. The lowest BCUT2D eigenvalue weighted by Crippen LogP contribution is -2.67. The fraction of sp³-hybridized carbons (Fsp3) is 0.634. The Hall–Kier alpha value is -3.87. The number of esters is 1. The summed E-state index contributed by atoms with van der Waals surface area (Å²) in [6.07, 6.45) is -32.5. The third-order valence-electron chi connectivity index (χ3n) is 11.4. The molecule has 0 spiro atoms. The average Bonchev–Trinajstić information content (AvgIpc) is 3.28. The molecule has 24 nitrogen and oxygen atoms in total. The van der Waals surface area contributed by atoms with Crippen LogP contribution >= 0.6 is 0 Å². The molecule has 0 aromatic heterocycles. The van der Waals surface area contributed by atoms with Crippen LogP contribution in [0.15, 0.2) is 42.5 Å². The van der Waals surface area contributed by atoms with Gasteiger partial charge >= 0.3 is 5.97 Å². The first kappa shape index (κ1) is 50.5. The Labute approximate surface area is 370 Å². The van der Waals surface area contributed by atoms with Gasteiger partial charge in [-0.3, -0.25) is 0 Å². The van der Waals surface area contributed by atoms with Gasteiger partial charge in [0.2, 0.25) is 0 Å². The van der Waals surface area contributed by atoms with Crippen LogP contribution < -0.4 is 0 Å². The van der Waals surface area contributed by atoms with Crippen molar-refractivity contribution in [1.29, 1.82) is 0 Å². The molecule has 4 fully saturated rings. The summed E-state index contributed by atoms with van der Waals surface area (Å²) in [7, 11) is 0. The highest BCUT2D eigenvalue weighted by atomic mass is 16.8. The Bertz CT molecular complexity index is 1900. The molecule has 364 valence electrons. The third kappa shape index (κ3) is 11.6. The highest BCUT2D eigenvalue weighted by Crippen LogP contribution is 2.37. The molecule has 0 aliphatic carbocycles. The first-order chi connectivity index (χ1) is 30.8. The summed E-state index contributed by atoms with van der Waals surface area (Å²) < 4.78 is 53.7. The van der Waals surface area contributed by atoms with Crippen LogP contribution in [0.1, 0.15) is 25.0 Å². The van der Waals surface area contributed by atoms with Crippen molar-refractivity contribution in [2.45, 2.75) is 143 Å². The molecule has 2 aromatic rings. The van der Waals surface area contributed by atoms with Gasteiger partial charge in [0.1, 0.15) is 79.4 Å². The Morgan fingerprint density at radius 3 is 1.69 bits per heavy atom. The van der Waals surface area contributed by atoms with Gasteiger partial charge in [-0.2, -0.15) is 0 Å². The van der Waals surface area contributed by atoms with Gasteiger partial charge in [0.25, 0.3) is 0 Å². The minimum atomic E-state index is -2.00. The van der Waals surface area contributed by atoms with Crippen LogP contribution in [0.4, 0.5) is 0 Å². The summed E-state index contributed by atoms with van der Waals surface area (Å²) in [4.78, 5) is 13.8. The summed E-state index contributed by atoms with van der Waals surface area (Å²) >= 11 is 0.